The molecular weight excluding hydrogens is 288 g/mol. The van der Waals surface area contributed by atoms with Crippen molar-refractivity contribution in [3.05, 3.63) is 60.2 Å². The fourth-order valence-corrected chi connectivity index (χ4v) is 2.46. The average Bonchev–Trinajstić information content (AvgIpc) is 2.54. The van der Waals surface area contributed by atoms with Gasteiger partial charge < -0.3 is 15.4 Å². The number of rotatable bonds is 6. The van der Waals surface area contributed by atoms with Crippen LogP contribution in [0.4, 0.5) is 10.5 Å². The van der Waals surface area contributed by atoms with Crippen LogP contribution in [0.5, 0.6) is 5.75 Å². The molecule has 0 aliphatic rings. The highest BCUT2D eigenvalue weighted by Crippen LogP contribution is 2.22. The highest BCUT2D eigenvalue weighted by atomic mass is 16.5. The minimum atomic E-state index is -0.215. The molecule has 0 aliphatic heterocycles. The van der Waals surface area contributed by atoms with E-state index in [2.05, 4.69) is 24.5 Å². The summed E-state index contributed by atoms with van der Waals surface area (Å²) in [5.41, 5.74) is 1.82. The summed E-state index contributed by atoms with van der Waals surface area (Å²) in [6, 6.07) is 17.1. The van der Waals surface area contributed by atoms with E-state index in [-0.39, 0.29) is 12.1 Å². The number of amides is 2. The Bertz CT molecular complexity index is 626. The summed E-state index contributed by atoms with van der Waals surface area (Å²) < 4.78 is 5.17. The van der Waals surface area contributed by atoms with Crippen LogP contribution in [0.25, 0.3) is 0 Å². The molecule has 2 aromatic rings. The first kappa shape index (κ1) is 16.9. The number of carbonyl (C=O) groups is 1. The summed E-state index contributed by atoms with van der Waals surface area (Å²) >= 11 is 0. The Balaban J connectivity index is 2.05. The van der Waals surface area contributed by atoms with Gasteiger partial charge >= 0.3 is 6.03 Å². The second-order valence-corrected chi connectivity index (χ2v) is 5.92. The molecule has 0 unspecified atom stereocenters. The Morgan fingerprint density at radius 3 is 2.48 bits per heavy atom. The lowest BCUT2D eigenvalue weighted by Crippen LogP contribution is -2.33. The molecule has 4 heteroatoms. The molecule has 0 saturated heterocycles. The molecule has 0 heterocycles. The van der Waals surface area contributed by atoms with Crippen LogP contribution in [0.15, 0.2) is 54.6 Å². The molecule has 4 nitrogen and oxygen atoms in total. The van der Waals surface area contributed by atoms with E-state index in [4.69, 9.17) is 4.74 Å². The second kappa shape index (κ2) is 8.22. The second-order valence-electron chi connectivity index (χ2n) is 5.92. The van der Waals surface area contributed by atoms with E-state index in [1.165, 1.54) is 0 Å². The van der Waals surface area contributed by atoms with Crippen molar-refractivity contribution in [2.75, 3.05) is 12.4 Å². The van der Waals surface area contributed by atoms with Gasteiger partial charge in [0.1, 0.15) is 5.75 Å². The standard InChI is InChI=1S/C19H24N2O2/c1-14(2)12-18(15-8-5-4-6-9-15)21-19(22)20-16-10-7-11-17(13-16)23-3/h4-11,13-14,18H,12H2,1-3H3,(H2,20,21,22)/t18-/m0/s1. The molecular formula is C19H24N2O2. The van der Waals surface area contributed by atoms with Gasteiger partial charge in [0.2, 0.25) is 0 Å². The minimum Gasteiger partial charge on any atom is -0.497 e. The topological polar surface area (TPSA) is 50.4 Å². The number of ether oxygens (including phenoxy) is 1. The van der Waals surface area contributed by atoms with Crippen molar-refractivity contribution in [1.82, 2.24) is 5.32 Å². The molecule has 2 aromatic carbocycles. The summed E-state index contributed by atoms with van der Waals surface area (Å²) in [7, 11) is 1.60. The number of hydrogen-bond acceptors (Lipinski definition) is 2. The zero-order valence-corrected chi connectivity index (χ0v) is 13.9. The van der Waals surface area contributed by atoms with Gasteiger partial charge in [0.05, 0.1) is 13.2 Å². The van der Waals surface area contributed by atoms with Crippen LogP contribution in [0.2, 0.25) is 0 Å². The quantitative estimate of drug-likeness (QED) is 0.818. The maximum Gasteiger partial charge on any atom is 0.319 e. The van der Waals surface area contributed by atoms with Crippen molar-refractivity contribution in [2.45, 2.75) is 26.3 Å². The number of urea groups is 1. The number of methoxy groups -OCH3 is 1. The number of nitrogens with one attached hydrogen (secondary N) is 2. The third-order valence-corrected chi connectivity index (χ3v) is 3.54. The number of hydrogen-bond donors (Lipinski definition) is 2. The Morgan fingerprint density at radius 1 is 1.09 bits per heavy atom. The summed E-state index contributed by atoms with van der Waals surface area (Å²) in [5.74, 6) is 1.20. The molecule has 0 aliphatic carbocycles. The summed E-state index contributed by atoms with van der Waals surface area (Å²) in [5, 5.41) is 5.92. The molecule has 0 saturated carbocycles. The largest absolute Gasteiger partial charge is 0.497 e. The number of carbonyl (C=O) groups excluding carboxylic acids is 1. The van der Waals surface area contributed by atoms with E-state index in [1.807, 2.05) is 48.5 Å². The smallest absolute Gasteiger partial charge is 0.319 e. The van der Waals surface area contributed by atoms with Crippen molar-refractivity contribution < 1.29 is 9.53 Å². The lowest BCUT2D eigenvalue weighted by atomic mass is 9.97. The van der Waals surface area contributed by atoms with Crippen LogP contribution in [0, 0.1) is 5.92 Å². The Kier molecular flexibility index (Phi) is 6.03. The van der Waals surface area contributed by atoms with Gasteiger partial charge in [0.25, 0.3) is 0 Å². The lowest BCUT2D eigenvalue weighted by molar-refractivity contribution is 0.246. The molecule has 122 valence electrons. The molecule has 2 rings (SSSR count). The first-order valence-corrected chi connectivity index (χ1v) is 7.85. The van der Waals surface area contributed by atoms with Gasteiger partial charge in [-0.25, -0.2) is 4.79 Å². The molecule has 0 aromatic heterocycles. The van der Waals surface area contributed by atoms with Crippen LogP contribution in [0.1, 0.15) is 31.9 Å². The van der Waals surface area contributed by atoms with Crippen LogP contribution in [0.3, 0.4) is 0 Å². The highest BCUT2D eigenvalue weighted by Gasteiger charge is 2.16. The van der Waals surface area contributed by atoms with Crippen molar-refractivity contribution in [1.29, 1.82) is 0 Å². The zero-order valence-electron chi connectivity index (χ0n) is 13.9. The van der Waals surface area contributed by atoms with Crippen LogP contribution >= 0.6 is 0 Å². The summed E-state index contributed by atoms with van der Waals surface area (Å²) in [4.78, 5) is 12.3. The van der Waals surface area contributed by atoms with E-state index in [1.54, 1.807) is 13.2 Å². The van der Waals surface area contributed by atoms with Gasteiger partial charge in [-0.1, -0.05) is 50.2 Å². The van der Waals surface area contributed by atoms with Crippen molar-refractivity contribution in [2.24, 2.45) is 5.92 Å². The maximum atomic E-state index is 12.3. The first-order chi connectivity index (χ1) is 11.1. The zero-order chi connectivity index (χ0) is 16.7. The van der Waals surface area contributed by atoms with E-state index < -0.39 is 0 Å². The number of benzene rings is 2. The monoisotopic (exact) mass is 312 g/mol. The predicted molar refractivity (Wildman–Crippen MR) is 93.8 cm³/mol. The normalized spacial score (nSPS) is 11.8. The average molecular weight is 312 g/mol. The van der Waals surface area contributed by atoms with Gasteiger partial charge in [0, 0.05) is 11.8 Å². The predicted octanol–water partition coefficient (Wildman–Crippen LogP) is 4.60. The third kappa shape index (κ3) is 5.33. The summed E-state index contributed by atoms with van der Waals surface area (Å²) in [6.45, 7) is 4.30. The van der Waals surface area contributed by atoms with Crippen LogP contribution < -0.4 is 15.4 Å². The maximum absolute atomic E-state index is 12.3. The Labute approximate surface area is 137 Å². The molecule has 2 amide bonds. The molecule has 1 atom stereocenters. The van der Waals surface area contributed by atoms with E-state index >= 15 is 0 Å². The third-order valence-electron chi connectivity index (χ3n) is 3.54. The van der Waals surface area contributed by atoms with E-state index in [0.29, 0.717) is 17.4 Å². The SMILES string of the molecule is COc1cccc(NC(=O)N[C@@H](CC(C)C)c2ccccc2)c1. The van der Waals surface area contributed by atoms with E-state index in [9.17, 15) is 4.79 Å². The van der Waals surface area contributed by atoms with Crippen molar-refractivity contribution >= 4 is 11.7 Å². The fraction of sp³-hybridized carbons (Fsp3) is 0.316. The lowest BCUT2D eigenvalue weighted by Gasteiger charge is -2.21. The van der Waals surface area contributed by atoms with Gasteiger partial charge in [-0.3, -0.25) is 0 Å². The molecule has 23 heavy (non-hydrogen) atoms. The van der Waals surface area contributed by atoms with E-state index in [0.717, 1.165) is 12.0 Å². The first-order valence-electron chi connectivity index (χ1n) is 7.85. The highest BCUT2D eigenvalue weighted by molar-refractivity contribution is 5.89. The fourth-order valence-electron chi connectivity index (χ4n) is 2.46. The van der Waals surface area contributed by atoms with Crippen molar-refractivity contribution in [3.8, 4) is 5.75 Å². The Hall–Kier alpha value is -2.49. The van der Waals surface area contributed by atoms with Crippen LogP contribution in [-0.4, -0.2) is 13.1 Å². The Morgan fingerprint density at radius 2 is 1.83 bits per heavy atom. The van der Waals surface area contributed by atoms with Crippen molar-refractivity contribution in [3.63, 3.8) is 0 Å². The number of anilines is 1. The van der Waals surface area contributed by atoms with Gasteiger partial charge in [0.15, 0.2) is 0 Å². The van der Waals surface area contributed by atoms with Gasteiger partial charge in [-0.2, -0.15) is 0 Å². The van der Waals surface area contributed by atoms with Gasteiger partial charge in [-0.05, 0) is 30.0 Å². The van der Waals surface area contributed by atoms with Crippen LogP contribution in [-0.2, 0) is 0 Å². The minimum absolute atomic E-state index is 0.0122. The molecule has 0 spiro atoms. The molecule has 0 bridgehead atoms. The molecule has 0 fully saturated rings. The summed E-state index contributed by atoms with van der Waals surface area (Å²) in [6.07, 6.45) is 0.884. The molecule has 0 radical (unpaired) electrons. The molecule has 2 N–H and O–H groups in total. The van der Waals surface area contributed by atoms with Gasteiger partial charge in [-0.15, -0.1) is 0 Å².